The minimum absolute atomic E-state index is 0.155. The van der Waals surface area contributed by atoms with Crippen molar-refractivity contribution in [2.75, 3.05) is 11.9 Å². The number of carbonyl (C=O) groups is 1. The Morgan fingerprint density at radius 2 is 2.00 bits per heavy atom. The second kappa shape index (κ2) is 7.16. The molecule has 0 spiro atoms. The molecule has 2 N–H and O–H groups in total. The Hall–Kier alpha value is -3.06. The summed E-state index contributed by atoms with van der Waals surface area (Å²) in [6.07, 6.45) is 5.48. The molecule has 5 rings (SSSR count). The topological polar surface area (TPSA) is 84.7 Å². The third-order valence-electron chi connectivity index (χ3n) is 5.47. The second-order valence-electron chi connectivity index (χ2n) is 7.68. The van der Waals surface area contributed by atoms with Crippen molar-refractivity contribution in [2.24, 2.45) is 5.92 Å². The monoisotopic (exact) mass is 374 g/mol. The molecular formula is C21H22N6O. The van der Waals surface area contributed by atoms with E-state index in [-0.39, 0.29) is 5.91 Å². The van der Waals surface area contributed by atoms with Gasteiger partial charge in [-0.15, -0.1) is 5.10 Å². The summed E-state index contributed by atoms with van der Waals surface area (Å²) in [7, 11) is 0. The largest absolute Gasteiger partial charge is 0.322 e. The number of amides is 1. The maximum Gasteiger partial charge on any atom is 0.255 e. The first-order valence-electron chi connectivity index (χ1n) is 9.74. The molecule has 0 bridgehead atoms. The number of aromatic nitrogens is 4. The summed E-state index contributed by atoms with van der Waals surface area (Å²) < 4.78 is 1.52. The number of nitrogens with zero attached hydrogens (tertiary/aromatic N) is 4. The van der Waals surface area contributed by atoms with E-state index in [0.29, 0.717) is 17.5 Å². The average molecular weight is 374 g/mol. The molecule has 2 unspecified atom stereocenters. The maximum atomic E-state index is 12.6. The fraction of sp³-hybridized carbons (Fsp3) is 0.333. The first-order chi connectivity index (χ1) is 13.8. The summed E-state index contributed by atoms with van der Waals surface area (Å²) in [6, 6.07) is 16.0. The number of hydrogen-bond acceptors (Lipinski definition) is 5. The van der Waals surface area contributed by atoms with Gasteiger partial charge in [-0.2, -0.15) is 0 Å². The summed E-state index contributed by atoms with van der Waals surface area (Å²) in [5, 5.41) is 17.7. The Labute approximate surface area is 163 Å². The molecule has 2 fully saturated rings. The van der Waals surface area contributed by atoms with Gasteiger partial charge < -0.3 is 10.6 Å². The molecule has 2 aromatic carbocycles. The lowest BCUT2D eigenvalue weighted by molar-refractivity contribution is 0.102. The predicted molar refractivity (Wildman–Crippen MR) is 105 cm³/mol. The van der Waals surface area contributed by atoms with E-state index in [1.807, 2.05) is 24.3 Å². The van der Waals surface area contributed by atoms with Crippen LogP contribution in [0, 0.1) is 5.92 Å². The zero-order valence-electron chi connectivity index (χ0n) is 15.5. The molecule has 1 amide bonds. The summed E-state index contributed by atoms with van der Waals surface area (Å²) in [5.41, 5.74) is 3.44. The number of carbonyl (C=O) groups excluding carboxylic acids is 1. The number of nitrogens with one attached hydrogen (secondary N) is 2. The van der Waals surface area contributed by atoms with E-state index in [1.54, 1.807) is 12.1 Å². The van der Waals surface area contributed by atoms with E-state index in [4.69, 9.17) is 0 Å². The molecule has 7 heteroatoms. The van der Waals surface area contributed by atoms with Gasteiger partial charge in [0.1, 0.15) is 6.33 Å². The van der Waals surface area contributed by atoms with E-state index >= 15 is 0 Å². The quantitative estimate of drug-likeness (QED) is 0.664. The van der Waals surface area contributed by atoms with Crippen molar-refractivity contribution in [3.63, 3.8) is 0 Å². The molecule has 0 radical (unpaired) electrons. The molecule has 3 aromatic rings. The summed E-state index contributed by atoms with van der Waals surface area (Å²) >= 11 is 0. The van der Waals surface area contributed by atoms with Crippen LogP contribution in [0.4, 0.5) is 5.69 Å². The standard InChI is InChI=1S/C21H22N6O/c28-21(16-2-1-3-18(10-16)27-13-23-25-26-27)24-17-8-6-15(7-9-17)19-11-20(19)22-12-14-4-5-14/h1-3,6-10,13-14,19-20,22H,4-5,11-12H2,(H,24,28). The van der Waals surface area contributed by atoms with Crippen molar-refractivity contribution < 1.29 is 4.79 Å². The van der Waals surface area contributed by atoms with Gasteiger partial charge in [0.2, 0.25) is 0 Å². The SMILES string of the molecule is O=C(Nc1ccc(C2CC2NCC2CC2)cc1)c1cccc(-n2cnnn2)c1. The maximum absolute atomic E-state index is 12.6. The Morgan fingerprint density at radius 1 is 1.14 bits per heavy atom. The van der Waals surface area contributed by atoms with Crippen LogP contribution in [-0.2, 0) is 0 Å². The molecular weight excluding hydrogens is 352 g/mol. The number of benzene rings is 2. The highest BCUT2D eigenvalue weighted by Crippen LogP contribution is 2.41. The van der Waals surface area contributed by atoms with Crippen LogP contribution in [0.1, 0.15) is 41.1 Å². The lowest BCUT2D eigenvalue weighted by Crippen LogP contribution is -2.20. The molecule has 2 aliphatic carbocycles. The number of rotatable bonds is 7. The van der Waals surface area contributed by atoms with Gasteiger partial charge in [0.15, 0.2) is 0 Å². The van der Waals surface area contributed by atoms with Crippen LogP contribution in [0.2, 0.25) is 0 Å². The van der Waals surface area contributed by atoms with Crippen LogP contribution in [0.15, 0.2) is 54.9 Å². The fourth-order valence-electron chi connectivity index (χ4n) is 3.52. The minimum Gasteiger partial charge on any atom is -0.322 e. The highest BCUT2D eigenvalue weighted by molar-refractivity contribution is 6.04. The Balaban J connectivity index is 1.20. The fourth-order valence-corrected chi connectivity index (χ4v) is 3.52. The van der Waals surface area contributed by atoms with Crippen molar-refractivity contribution in [3.8, 4) is 5.69 Å². The van der Waals surface area contributed by atoms with Crippen molar-refractivity contribution in [2.45, 2.75) is 31.2 Å². The summed E-state index contributed by atoms with van der Waals surface area (Å²) in [6.45, 7) is 1.17. The van der Waals surface area contributed by atoms with E-state index < -0.39 is 0 Å². The van der Waals surface area contributed by atoms with Crippen LogP contribution in [-0.4, -0.2) is 38.7 Å². The molecule has 2 saturated carbocycles. The number of hydrogen-bond donors (Lipinski definition) is 2. The van der Waals surface area contributed by atoms with Crippen LogP contribution >= 0.6 is 0 Å². The Bertz CT molecular complexity index is 965. The molecule has 0 saturated heterocycles. The van der Waals surface area contributed by atoms with Gasteiger partial charge in [-0.3, -0.25) is 4.79 Å². The van der Waals surface area contributed by atoms with Gasteiger partial charge in [-0.25, -0.2) is 4.68 Å². The number of tetrazole rings is 1. The van der Waals surface area contributed by atoms with Crippen molar-refractivity contribution in [1.29, 1.82) is 0 Å². The molecule has 142 valence electrons. The van der Waals surface area contributed by atoms with Crippen LogP contribution in [0.3, 0.4) is 0 Å². The molecule has 2 atom stereocenters. The molecule has 1 aromatic heterocycles. The third kappa shape index (κ3) is 3.80. The third-order valence-corrected chi connectivity index (χ3v) is 5.47. The molecule has 2 aliphatic rings. The Kier molecular flexibility index (Phi) is 4.37. The van der Waals surface area contributed by atoms with Gasteiger partial charge in [-0.1, -0.05) is 18.2 Å². The molecule has 7 nitrogen and oxygen atoms in total. The first-order valence-corrected chi connectivity index (χ1v) is 9.74. The lowest BCUT2D eigenvalue weighted by atomic mass is 10.1. The van der Waals surface area contributed by atoms with Crippen LogP contribution in [0.25, 0.3) is 5.69 Å². The van der Waals surface area contributed by atoms with E-state index in [9.17, 15) is 4.79 Å². The van der Waals surface area contributed by atoms with Crippen LogP contribution in [0.5, 0.6) is 0 Å². The van der Waals surface area contributed by atoms with E-state index in [1.165, 1.54) is 42.4 Å². The molecule has 28 heavy (non-hydrogen) atoms. The van der Waals surface area contributed by atoms with Crippen molar-refractivity contribution in [1.82, 2.24) is 25.5 Å². The van der Waals surface area contributed by atoms with Gasteiger partial charge in [-0.05, 0) is 78.0 Å². The van der Waals surface area contributed by atoms with Crippen LogP contribution < -0.4 is 10.6 Å². The molecule has 1 heterocycles. The van der Waals surface area contributed by atoms with Crippen molar-refractivity contribution in [3.05, 3.63) is 66.0 Å². The number of anilines is 1. The summed E-state index contributed by atoms with van der Waals surface area (Å²) in [5.74, 6) is 1.37. The lowest BCUT2D eigenvalue weighted by Gasteiger charge is -2.08. The highest BCUT2D eigenvalue weighted by atomic mass is 16.1. The minimum atomic E-state index is -0.155. The second-order valence-corrected chi connectivity index (χ2v) is 7.68. The zero-order valence-corrected chi connectivity index (χ0v) is 15.5. The molecule has 0 aliphatic heterocycles. The van der Waals surface area contributed by atoms with E-state index in [0.717, 1.165) is 17.3 Å². The summed E-state index contributed by atoms with van der Waals surface area (Å²) in [4.78, 5) is 12.6. The van der Waals surface area contributed by atoms with Gasteiger partial charge in [0, 0.05) is 23.2 Å². The smallest absolute Gasteiger partial charge is 0.255 e. The normalized spacial score (nSPS) is 20.7. The zero-order chi connectivity index (χ0) is 18.9. The Morgan fingerprint density at radius 3 is 2.75 bits per heavy atom. The van der Waals surface area contributed by atoms with Gasteiger partial charge >= 0.3 is 0 Å². The van der Waals surface area contributed by atoms with E-state index in [2.05, 4.69) is 38.3 Å². The van der Waals surface area contributed by atoms with Crippen molar-refractivity contribution >= 4 is 11.6 Å². The van der Waals surface area contributed by atoms with Gasteiger partial charge in [0.05, 0.1) is 5.69 Å². The first kappa shape index (κ1) is 17.1. The van der Waals surface area contributed by atoms with Gasteiger partial charge in [0.25, 0.3) is 5.91 Å². The average Bonchev–Trinajstić information content (AvgIpc) is 3.64. The highest BCUT2D eigenvalue weighted by Gasteiger charge is 2.38. The predicted octanol–water partition coefficient (Wildman–Crippen LogP) is 2.77.